The molecular formula is C19H16Cl2N2O2. The number of halogens is 2. The zero-order chi connectivity index (χ0) is 18.0. The Balaban J connectivity index is 2.04. The van der Waals surface area contributed by atoms with Crippen molar-refractivity contribution in [2.24, 2.45) is 0 Å². The van der Waals surface area contributed by atoms with Crippen molar-refractivity contribution in [2.45, 2.75) is 24.7 Å². The highest BCUT2D eigenvalue weighted by Crippen LogP contribution is 2.42. The van der Waals surface area contributed by atoms with Crippen molar-refractivity contribution < 1.29 is 9.53 Å². The van der Waals surface area contributed by atoms with Crippen molar-refractivity contribution in [3.8, 4) is 6.07 Å². The van der Waals surface area contributed by atoms with Crippen molar-refractivity contribution in [1.82, 2.24) is 4.90 Å². The lowest BCUT2D eigenvalue weighted by atomic mass is 9.92. The van der Waals surface area contributed by atoms with Gasteiger partial charge in [-0.3, -0.25) is 4.79 Å². The van der Waals surface area contributed by atoms with Gasteiger partial charge in [0.25, 0.3) is 5.91 Å². The predicted molar refractivity (Wildman–Crippen MR) is 96.3 cm³/mol. The number of hydrogen-bond donors (Lipinski definition) is 0. The molecule has 0 radical (unpaired) electrons. The molecule has 128 valence electrons. The molecule has 0 bridgehead atoms. The molecule has 0 aliphatic carbocycles. The van der Waals surface area contributed by atoms with E-state index < -0.39 is 12.2 Å². The maximum Gasteiger partial charge on any atom is 0.253 e. The van der Waals surface area contributed by atoms with Gasteiger partial charge in [0.15, 0.2) is 0 Å². The van der Waals surface area contributed by atoms with Crippen LogP contribution in [-0.2, 0) is 9.53 Å². The van der Waals surface area contributed by atoms with Gasteiger partial charge in [-0.05, 0) is 35.4 Å². The molecule has 4 nitrogen and oxygen atoms in total. The number of hydrogen-bond acceptors (Lipinski definition) is 3. The summed E-state index contributed by atoms with van der Waals surface area (Å²) in [5.74, 6) is -0.202. The number of rotatable bonds is 3. The fourth-order valence-corrected chi connectivity index (χ4v) is 3.32. The third-order valence-electron chi connectivity index (χ3n) is 4.32. The van der Waals surface area contributed by atoms with Crippen LogP contribution in [0.4, 0.5) is 0 Å². The molecule has 0 saturated carbocycles. The molecule has 1 amide bonds. The molecule has 3 rings (SSSR count). The van der Waals surface area contributed by atoms with E-state index in [0.29, 0.717) is 10.0 Å². The summed E-state index contributed by atoms with van der Waals surface area (Å²) in [4.78, 5) is 14.2. The maximum atomic E-state index is 12.6. The second-order valence-corrected chi connectivity index (χ2v) is 6.78. The zero-order valence-electron chi connectivity index (χ0n) is 13.5. The van der Waals surface area contributed by atoms with Crippen molar-refractivity contribution in [1.29, 1.82) is 5.26 Å². The summed E-state index contributed by atoms with van der Waals surface area (Å²) in [7, 11) is 1.73. The highest BCUT2D eigenvalue weighted by molar-refractivity contribution is 6.30. The first-order valence-electron chi connectivity index (χ1n) is 7.81. The lowest BCUT2D eigenvalue weighted by Crippen LogP contribution is -2.48. The second kappa shape index (κ2) is 7.45. The Bertz CT molecular complexity index is 800. The Morgan fingerprint density at radius 2 is 1.56 bits per heavy atom. The summed E-state index contributed by atoms with van der Waals surface area (Å²) in [5, 5.41) is 10.2. The summed E-state index contributed by atoms with van der Waals surface area (Å²) < 4.78 is 6.04. The van der Waals surface area contributed by atoms with Crippen molar-refractivity contribution in [2.75, 3.05) is 7.05 Å². The first-order chi connectivity index (χ1) is 12.0. The number of carbonyl (C=O) groups excluding carboxylic acids is 1. The lowest BCUT2D eigenvalue weighted by molar-refractivity contribution is -0.170. The van der Waals surface area contributed by atoms with E-state index in [4.69, 9.17) is 33.2 Å². The van der Waals surface area contributed by atoms with Crippen LogP contribution in [0.1, 0.15) is 29.7 Å². The van der Waals surface area contributed by atoms with Gasteiger partial charge in [-0.25, -0.2) is 0 Å². The number of carbonyl (C=O) groups is 1. The van der Waals surface area contributed by atoms with Gasteiger partial charge < -0.3 is 9.64 Å². The Kier molecular flexibility index (Phi) is 5.29. The van der Waals surface area contributed by atoms with E-state index in [0.717, 1.165) is 11.1 Å². The number of morpholine rings is 1. The minimum atomic E-state index is -0.778. The first kappa shape index (κ1) is 17.8. The van der Waals surface area contributed by atoms with Crippen LogP contribution in [0.2, 0.25) is 10.0 Å². The molecular weight excluding hydrogens is 359 g/mol. The first-order valence-corrected chi connectivity index (χ1v) is 8.57. The number of benzene rings is 2. The van der Waals surface area contributed by atoms with E-state index in [2.05, 4.69) is 0 Å². The van der Waals surface area contributed by atoms with Gasteiger partial charge in [-0.2, -0.15) is 5.26 Å². The average Bonchev–Trinajstić information content (AvgIpc) is 2.61. The fourth-order valence-electron chi connectivity index (χ4n) is 3.07. The minimum absolute atomic E-state index is 0.0145. The fraction of sp³-hybridized carbons (Fsp3) is 0.263. The van der Waals surface area contributed by atoms with Gasteiger partial charge in [0, 0.05) is 17.1 Å². The zero-order valence-corrected chi connectivity index (χ0v) is 15.0. The third kappa shape index (κ3) is 3.64. The summed E-state index contributed by atoms with van der Waals surface area (Å²) in [6.45, 7) is 0. The van der Waals surface area contributed by atoms with Gasteiger partial charge in [0.05, 0.1) is 18.5 Å². The van der Waals surface area contributed by atoms with Gasteiger partial charge >= 0.3 is 0 Å². The summed E-state index contributed by atoms with van der Waals surface area (Å²) in [6, 6.07) is 16.4. The molecule has 0 N–H and O–H groups in total. The van der Waals surface area contributed by atoms with Crippen LogP contribution in [0.15, 0.2) is 48.5 Å². The smallest absolute Gasteiger partial charge is 0.253 e. The van der Waals surface area contributed by atoms with E-state index in [9.17, 15) is 4.79 Å². The molecule has 0 unspecified atom stereocenters. The lowest BCUT2D eigenvalue weighted by Gasteiger charge is -2.42. The van der Waals surface area contributed by atoms with Crippen LogP contribution >= 0.6 is 23.2 Å². The van der Waals surface area contributed by atoms with E-state index in [1.54, 1.807) is 36.2 Å². The van der Waals surface area contributed by atoms with E-state index in [1.807, 2.05) is 30.3 Å². The SMILES string of the molecule is CN1C(=O)[C@H](CC#N)O[C@@H](c2ccc(Cl)cc2)[C@H]1c1ccc(Cl)cc1. The van der Waals surface area contributed by atoms with Crippen LogP contribution in [0.5, 0.6) is 0 Å². The van der Waals surface area contributed by atoms with Gasteiger partial charge in [0.2, 0.25) is 0 Å². The van der Waals surface area contributed by atoms with Gasteiger partial charge in [-0.15, -0.1) is 0 Å². The van der Waals surface area contributed by atoms with Gasteiger partial charge in [0.1, 0.15) is 12.2 Å². The standard InChI is InChI=1S/C19H16Cl2N2O2/c1-23-17(12-2-6-14(20)7-3-12)18(13-4-8-15(21)9-5-13)25-16(10-11-22)19(23)24/h2-9,16-18H,10H2,1H3/t16-,17+,18-/m0/s1. The molecule has 1 saturated heterocycles. The summed E-state index contributed by atoms with van der Waals surface area (Å²) in [6.07, 6.45) is -1.17. The number of nitrogens with zero attached hydrogens (tertiary/aromatic N) is 2. The largest absolute Gasteiger partial charge is 0.357 e. The maximum absolute atomic E-state index is 12.6. The molecule has 1 aliphatic heterocycles. The monoisotopic (exact) mass is 374 g/mol. The molecule has 2 aromatic rings. The van der Waals surface area contributed by atoms with Crippen LogP contribution in [0.3, 0.4) is 0 Å². The highest BCUT2D eigenvalue weighted by Gasteiger charge is 2.42. The normalized spacial score (nSPS) is 23.4. The average molecular weight is 375 g/mol. The molecule has 1 aliphatic rings. The molecule has 25 heavy (non-hydrogen) atoms. The predicted octanol–water partition coefficient (Wildman–Crippen LogP) is 4.55. The second-order valence-electron chi connectivity index (χ2n) is 5.90. The molecule has 0 aromatic heterocycles. The van der Waals surface area contributed by atoms with E-state index in [-0.39, 0.29) is 18.4 Å². The van der Waals surface area contributed by atoms with Crippen molar-refractivity contribution in [3.63, 3.8) is 0 Å². The van der Waals surface area contributed by atoms with E-state index in [1.165, 1.54) is 0 Å². The molecule has 2 aromatic carbocycles. The Labute approximate surface area is 156 Å². The number of nitriles is 1. The van der Waals surface area contributed by atoms with Crippen LogP contribution in [0, 0.1) is 11.3 Å². The van der Waals surface area contributed by atoms with Crippen molar-refractivity contribution in [3.05, 3.63) is 69.7 Å². The molecule has 6 heteroatoms. The third-order valence-corrected chi connectivity index (χ3v) is 4.83. The van der Waals surface area contributed by atoms with Crippen LogP contribution in [-0.4, -0.2) is 24.0 Å². The van der Waals surface area contributed by atoms with E-state index >= 15 is 0 Å². The Morgan fingerprint density at radius 3 is 2.08 bits per heavy atom. The summed E-state index contributed by atoms with van der Waals surface area (Å²) in [5.41, 5.74) is 1.81. The van der Waals surface area contributed by atoms with Crippen LogP contribution < -0.4 is 0 Å². The van der Waals surface area contributed by atoms with Crippen LogP contribution in [0.25, 0.3) is 0 Å². The van der Waals surface area contributed by atoms with Gasteiger partial charge in [-0.1, -0.05) is 47.5 Å². The topological polar surface area (TPSA) is 53.3 Å². The Hall–Kier alpha value is -2.06. The number of ether oxygens (including phenoxy) is 1. The Morgan fingerprint density at radius 1 is 1.04 bits per heavy atom. The molecule has 0 spiro atoms. The molecule has 3 atom stereocenters. The molecule has 1 fully saturated rings. The highest BCUT2D eigenvalue weighted by atomic mass is 35.5. The quantitative estimate of drug-likeness (QED) is 0.791. The summed E-state index contributed by atoms with van der Waals surface area (Å²) >= 11 is 12.0. The van der Waals surface area contributed by atoms with Crippen molar-refractivity contribution >= 4 is 29.1 Å². The number of amides is 1. The molecule has 1 heterocycles. The minimum Gasteiger partial charge on any atom is -0.357 e. The number of likely N-dealkylation sites (N-methyl/N-ethyl adjacent to an activating group) is 1.